The molecule has 3 saturated heterocycles. The number of guanidine groups is 2. The number of hydrogen-bond acceptors (Lipinski definition) is 31. The van der Waals surface area contributed by atoms with E-state index in [0.717, 1.165) is 21.6 Å². The Morgan fingerprint density at radius 3 is 1.77 bits per heavy atom. The summed E-state index contributed by atoms with van der Waals surface area (Å²) >= 11 is 0. The molecule has 5 aliphatic heterocycles. The maximum Gasteiger partial charge on any atom is 0.246 e. The van der Waals surface area contributed by atoms with Gasteiger partial charge in [-0.2, -0.15) is 0 Å². The smallest absolute Gasteiger partial charge is 0.246 e. The molecule has 25 unspecified atom stereocenters. The maximum absolute atomic E-state index is 15.0. The summed E-state index contributed by atoms with van der Waals surface area (Å²) in [6.07, 6.45) is -28.6. The van der Waals surface area contributed by atoms with Gasteiger partial charge < -0.3 is 148 Å². The van der Waals surface area contributed by atoms with Crippen LogP contribution in [0.15, 0.2) is 131 Å². The van der Waals surface area contributed by atoms with E-state index in [1.807, 2.05) is 60.7 Å². The number of benzene rings is 4. The number of aliphatic hydroxyl groups excluding tert-OH is 13. The van der Waals surface area contributed by atoms with Crippen molar-refractivity contribution in [1.82, 2.24) is 31.5 Å². The highest BCUT2D eigenvalue weighted by Crippen LogP contribution is 2.34. The van der Waals surface area contributed by atoms with Crippen LogP contribution in [0.5, 0.6) is 5.75 Å². The van der Waals surface area contributed by atoms with Gasteiger partial charge in [-0.3, -0.25) is 29.2 Å². The molecule has 5 heterocycles. The summed E-state index contributed by atoms with van der Waals surface area (Å²) < 4.78 is 35.4. The van der Waals surface area contributed by atoms with E-state index in [9.17, 15) is 85.6 Å². The lowest BCUT2D eigenvalue weighted by Crippen LogP contribution is -2.70. The lowest BCUT2D eigenvalue weighted by atomic mass is 9.93. The molecule has 5 aliphatic rings. The van der Waals surface area contributed by atoms with E-state index in [1.54, 1.807) is 43.3 Å². The Labute approximate surface area is 584 Å². The third-order valence-corrected chi connectivity index (χ3v) is 18.4. The molecule has 4 amide bonds. The number of aliphatic hydroxyl groups is 13. The SMILES string of the molecule is CC(c1ccccc1)C(N)C(=O)NC(Cc1ccc(OC2OC(CO)C(OC3OC(CO)C(OCC=C(c4ccccc4)c4ccccc4)C(O)C3O)C(O)C2O)cc1)C(=O)NC(C(=O)NC(C(=O)NC(C=O)CO)C(O)C1CN=C(N)N1C1OC(CO)C(O)C(O)C1O)C(O)C1CN=C(N)N1. The quantitative estimate of drug-likeness (QED) is 0.0208. The number of rotatable bonds is 31. The van der Waals surface area contributed by atoms with Gasteiger partial charge >= 0.3 is 0 Å². The second kappa shape index (κ2) is 35.8. The molecular weight excluding hydrogens is 1340 g/mol. The number of amides is 4. The van der Waals surface area contributed by atoms with Crippen molar-refractivity contribution in [3.63, 3.8) is 0 Å². The third kappa shape index (κ3) is 18.2. The molecule has 35 heteroatoms. The van der Waals surface area contributed by atoms with Crippen LogP contribution < -0.4 is 48.5 Å². The first-order valence-electron chi connectivity index (χ1n) is 32.9. The predicted molar refractivity (Wildman–Crippen MR) is 356 cm³/mol. The van der Waals surface area contributed by atoms with Gasteiger partial charge in [-0.25, -0.2) is 0 Å². The number of aliphatic imine (C=N–C) groups is 2. The second-order valence-corrected chi connectivity index (χ2v) is 25.2. The van der Waals surface area contributed by atoms with Crippen molar-refractivity contribution in [3.05, 3.63) is 144 Å². The van der Waals surface area contributed by atoms with Crippen LogP contribution in [-0.2, 0) is 54.1 Å². The molecule has 556 valence electrons. The molecule has 0 aromatic heterocycles. The monoisotopic (exact) mass is 1430 g/mol. The number of hydrogen-bond donors (Lipinski definition) is 21. The Morgan fingerprint density at radius 1 is 0.627 bits per heavy atom. The standard InChI is InChI=1S/C67H89N11O24/c1-31(33-11-5-2-6-12-33)45(68)60(94)74-39(59(93)76-46(48(84)40-24-71-66(69)75-40)62(96)77-47(61(95)73-36(26-79)27-80)49(85)41-25-72-67(70)78(41)63-54(90)51(87)50(86)42(28-81)99-63)23-32-17-19-37(20-18-32)98-64-56(92)53(89)58(44(30-83)101-64)102-65-55(91)52(88)57(43(29-82)100-65)97-22-21-38(34-13-7-3-8-14-34)35-15-9-4-10-16-35/h2-21,26,31,36,39-58,63-65,80-92H,22-25,27-30,68H2,1H3,(H2,70,72)(H,73,95)(H,74,94)(H,76,93)(H,77,96)(H3,69,71,75). The lowest BCUT2D eigenvalue weighted by Gasteiger charge is -2.46. The van der Waals surface area contributed by atoms with E-state index >= 15 is 4.79 Å². The number of nitrogens with zero attached hydrogens (tertiary/aromatic N) is 3. The highest BCUT2D eigenvalue weighted by atomic mass is 16.7. The fourth-order valence-electron chi connectivity index (χ4n) is 12.5. The fourth-order valence-corrected chi connectivity index (χ4v) is 12.5. The Kier molecular flexibility index (Phi) is 27.3. The molecule has 3 fully saturated rings. The van der Waals surface area contributed by atoms with Crippen LogP contribution in [0.1, 0.15) is 35.1 Å². The first-order valence-corrected chi connectivity index (χ1v) is 32.9. The molecule has 0 radical (unpaired) electrons. The van der Waals surface area contributed by atoms with Gasteiger partial charge in [0.2, 0.25) is 29.9 Å². The Bertz CT molecular complexity index is 3460. The molecule has 4 aromatic carbocycles. The zero-order chi connectivity index (χ0) is 73.6. The minimum absolute atomic E-state index is 0.0388. The van der Waals surface area contributed by atoms with E-state index in [0.29, 0.717) is 5.56 Å². The Hall–Kier alpha value is -8.25. The van der Waals surface area contributed by atoms with Crippen molar-refractivity contribution in [2.75, 3.05) is 46.1 Å². The second-order valence-electron chi connectivity index (χ2n) is 25.2. The number of nitrogens with two attached hydrogens (primary N) is 3. The molecule has 9 rings (SSSR count). The highest BCUT2D eigenvalue weighted by Gasteiger charge is 2.54. The maximum atomic E-state index is 15.0. The molecule has 0 bridgehead atoms. The Balaban J connectivity index is 0.915. The van der Waals surface area contributed by atoms with E-state index in [4.69, 9.17) is 45.6 Å². The van der Waals surface area contributed by atoms with Crippen molar-refractivity contribution in [2.24, 2.45) is 27.2 Å². The molecule has 4 aromatic rings. The van der Waals surface area contributed by atoms with Gasteiger partial charge in [-0.1, -0.05) is 116 Å². The number of nitrogens with one attached hydrogen (secondary N) is 5. The van der Waals surface area contributed by atoms with Gasteiger partial charge in [0.1, 0.15) is 122 Å². The number of carbonyl (C=O) groups is 5. The van der Waals surface area contributed by atoms with Crippen molar-refractivity contribution in [3.8, 4) is 5.75 Å². The van der Waals surface area contributed by atoms with Crippen LogP contribution in [0.2, 0.25) is 0 Å². The fraction of sp³-hybridized carbons (Fsp3) is 0.507. The van der Waals surface area contributed by atoms with Gasteiger partial charge in [0.25, 0.3) is 0 Å². The molecule has 24 N–H and O–H groups in total. The third-order valence-electron chi connectivity index (χ3n) is 18.4. The number of aldehydes is 1. The minimum atomic E-state index is -2.26. The summed E-state index contributed by atoms with van der Waals surface area (Å²) in [5.41, 5.74) is 22.1. The zero-order valence-corrected chi connectivity index (χ0v) is 55.1. The van der Waals surface area contributed by atoms with Crippen LogP contribution in [0.25, 0.3) is 5.57 Å². The van der Waals surface area contributed by atoms with E-state index < -0.39 is 221 Å². The average molecular weight is 1430 g/mol. The number of ether oxygens (including phenoxy) is 6. The Morgan fingerprint density at radius 2 is 1.19 bits per heavy atom. The van der Waals surface area contributed by atoms with Gasteiger partial charge in [0.15, 0.2) is 24.4 Å². The van der Waals surface area contributed by atoms with Crippen LogP contribution >= 0.6 is 0 Å². The summed E-state index contributed by atoms with van der Waals surface area (Å²) in [6, 6.07) is 21.1. The minimum Gasteiger partial charge on any atom is -0.462 e. The van der Waals surface area contributed by atoms with Crippen LogP contribution in [-0.4, -0.2) is 306 Å². The summed E-state index contributed by atoms with van der Waals surface area (Å²) in [4.78, 5) is 79.4. The van der Waals surface area contributed by atoms with E-state index in [-0.39, 0.29) is 36.7 Å². The average Bonchev–Trinajstić information content (AvgIpc) is 1.25. The van der Waals surface area contributed by atoms with Crippen molar-refractivity contribution >= 4 is 47.4 Å². The number of carbonyl (C=O) groups excluding carboxylic acids is 5. The summed E-state index contributed by atoms with van der Waals surface area (Å²) in [6.45, 7) is -2.70. The van der Waals surface area contributed by atoms with Gasteiger partial charge in [0, 0.05) is 12.3 Å². The molecular formula is C67H89N11O24. The largest absolute Gasteiger partial charge is 0.462 e. The van der Waals surface area contributed by atoms with E-state index in [1.165, 1.54) is 24.3 Å². The van der Waals surface area contributed by atoms with Gasteiger partial charge in [-0.15, -0.1) is 0 Å². The van der Waals surface area contributed by atoms with Crippen molar-refractivity contribution in [1.29, 1.82) is 0 Å². The molecule has 102 heavy (non-hydrogen) atoms. The predicted octanol–water partition coefficient (Wildman–Crippen LogP) is -8.54. The highest BCUT2D eigenvalue weighted by molar-refractivity contribution is 5.96. The first-order chi connectivity index (χ1) is 48.9. The van der Waals surface area contributed by atoms with Gasteiger partial charge in [0.05, 0.1) is 64.2 Å². The van der Waals surface area contributed by atoms with E-state index in [2.05, 4.69) is 36.6 Å². The lowest BCUT2D eigenvalue weighted by molar-refractivity contribution is -0.354. The first kappa shape index (κ1) is 77.9. The molecule has 0 saturated carbocycles. The summed E-state index contributed by atoms with van der Waals surface area (Å²) in [7, 11) is 0. The molecule has 0 aliphatic carbocycles. The van der Waals surface area contributed by atoms with Crippen LogP contribution in [0.4, 0.5) is 0 Å². The molecule has 0 spiro atoms. The topological polar surface area (TPSA) is 570 Å². The normalized spacial score (nSPS) is 30.3. The molecule has 35 nitrogen and oxygen atoms in total. The van der Waals surface area contributed by atoms with Crippen molar-refractivity contribution in [2.45, 2.75) is 166 Å². The summed E-state index contributed by atoms with van der Waals surface area (Å²) in [5, 5.41) is 155. The van der Waals surface area contributed by atoms with Crippen molar-refractivity contribution < 1.29 is 119 Å². The van der Waals surface area contributed by atoms with Crippen LogP contribution in [0.3, 0.4) is 0 Å². The van der Waals surface area contributed by atoms with Crippen LogP contribution in [0, 0.1) is 0 Å². The van der Waals surface area contributed by atoms with Gasteiger partial charge in [-0.05, 0) is 40.0 Å². The summed E-state index contributed by atoms with van der Waals surface area (Å²) in [5.74, 6) is -6.17. The molecule has 25 atom stereocenters. The zero-order valence-electron chi connectivity index (χ0n) is 55.1.